The molecule has 44 heavy (non-hydrogen) atoms. The summed E-state index contributed by atoms with van der Waals surface area (Å²) >= 11 is 0. The normalized spacial score (nSPS) is 18.5. The van der Waals surface area contributed by atoms with Crippen LogP contribution in [0.25, 0.3) is 0 Å². The molecule has 4 N–H and O–H groups in total. The van der Waals surface area contributed by atoms with Gasteiger partial charge in [-0.25, -0.2) is 14.2 Å². The molecule has 10 nitrogen and oxygen atoms in total. The first kappa shape index (κ1) is 32.5. The Kier molecular flexibility index (Phi) is 9.66. The number of guanidine groups is 1. The van der Waals surface area contributed by atoms with Gasteiger partial charge < -0.3 is 20.3 Å². The molecule has 2 aromatic rings. The summed E-state index contributed by atoms with van der Waals surface area (Å²) in [5.74, 6) is -1.10. The van der Waals surface area contributed by atoms with Gasteiger partial charge in [0.2, 0.25) is 0 Å². The highest BCUT2D eigenvalue weighted by Crippen LogP contribution is 2.40. The number of nitrogens with two attached hydrogens (primary N) is 2. The van der Waals surface area contributed by atoms with Crippen LogP contribution in [0.15, 0.2) is 53.7 Å². The third kappa shape index (κ3) is 6.56. The Morgan fingerprint density at radius 2 is 1.84 bits per heavy atom. The number of amides is 2. The number of rotatable bonds is 7. The van der Waals surface area contributed by atoms with E-state index in [9.17, 15) is 28.0 Å². The van der Waals surface area contributed by atoms with Crippen LogP contribution in [0.1, 0.15) is 48.1 Å². The lowest BCUT2D eigenvalue weighted by atomic mass is 9.88. The Labute approximate surface area is 254 Å². The SMILES string of the molecule is COC(=O)C1=C(C)[N+](c2cccc(C(F)(F)F)c2)=C(N)N(C(N)=O)[C@@H]1c1ccc(C#N)cc1CCN1CCC(N(C)C)CC1. The Morgan fingerprint density at radius 1 is 1.16 bits per heavy atom. The largest absolute Gasteiger partial charge is 0.465 e. The number of piperidine rings is 1. The van der Waals surface area contributed by atoms with Gasteiger partial charge in [-0.15, -0.1) is 0 Å². The number of hydrogen-bond donors (Lipinski definition) is 2. The lowest BCUT2D eigenvalue weighted by molar-refractivity contribution is -0.396. The van der Waals surface area contributed by atoms with Crippen LogP contribution in [0.4, 0.5) is 23.7 Å². The van der Waals surface area contributed by atoms with E-state index < -0.39 is 29.8 Å². The minimum Gasteiger partial charge on any atom is -0.465 e. The Balaban J connectivity index is 1.83. The predicted molar refractivity (Wildman–Crippen MR) is 157 cm³/mol. The summed E-state index contributed by atoms with van der Waals surface area (Å²) in [4.78, 5) is 32.0. The van der Waals surface area contributed by atoms with Gasteiger partial charge in [-0.1, -0.05) is 12.1 Å². The monoisotopic (exact) mass is 612 g/mol. The van der Waals surface area contributed by atoms with Crippen LogP contribution in [-0.4, -0.2) is 84.1 Å². The first-order valence-corrected chi connectivity index (χ1v) is 14.2. The van der Waals surface area contributed by atoms with Crippen LogP contribution in [0.3, 0.4) is 0 Å². The molecule has 0 aliphatic carbocycles. The minimum absolute atomic E-state index is 0.0258. The van der Waals surface area contributed by atoms with Crippen molar-refractivity contribution in [3.8, 4) is 6.07 Å². The van der Waals surface area contributed by atoms with E-state index in [0.717, 1.165) is 43.0 Å². The van der Waals surface area contributed by atoms with E-state index in [1.54, 1.807) is 18.2 Å². The number of halogens is 3. The van der Waals surface area contributed by atoms with Crippen molar-refractivity contribution in [1.29, 1.82) is 5.26 Å². The van der Waals surface area contributed by atoms with Crippen molar-refractivity contribution in [1.82, 2.24) is 14.7 Å². The standard InChI is InChI=1S/C31H36F3N7O3/c1-19-26(28(42)44-4)27(41(30(37)43)29(36)40(19)24-7-5-6-22(17-24)31(32,33)34)25-9-8-20(18-35)16-21(25)10-13-39-14-11-23(12-15-39)38(2)3/h5-9,16-17,23,27,36H,10-15H2,1-4H3,(H2,37,43)/p+1/t27-/m1/s1. The number of allylic oxidation sites excluding steroid dienone is 1. The van der Waals surface area contributed by atoms with Gasteiger partial charge in [-0.2, -0.15) is 23.3 Å². The first-order valence-electron chi connectivity index (χ1n) is 14.2. The van der Waals surface area contributed by atoms with Crippen molar-refractivity contribution >= 4 is 23.6 Å². The fourth-order valence-corrected chi connectivity index (χ4v) is 6.01. The number of urea groups is 1. The summed E-state index contributed by atoms with van der Waals surface area (Å²) in [5, 5.41) is 9.66. The number of primary amides is 1. The summed E-state index contributed by atoms with van der Waals surface area (Å²) in [6.07, 6.45) is -2.12. The second-order valence-electron chi connectivity index (χ2n) is 11.2. The Bertz CT molecular complexity index is 1540. The summed E-state index contributed by atoms with van der Waals surface area (Å²) in [6, 6.07) is 9.75. The molecule has 0 unspecified atom stereocenters. The number of nitrogens with zero attached hydrogens (tertiary/aromatic N) is 5. The smallest absolute Gasteiger partial charge is 0.416 e. The molecule has 2 heterocycles. The maximum atomic E-state index is 13.6. The van der Waals surface area contributed by atoms with Crippen molar-refractivity contribution in [2.75, 3.05) is 40.8 Å². The third-order valence-corrected chi connectivity index (χ3v) is 8.36. The van der Waals surface area contributed by atoms with Crippen LogP contribution < -0.4 is 11.5 Å². The summed E-state index contributed by atoms with van der Waals surface area (Å²) in [6.45, 7) is 3.97. The number of benzene rings is 2. The van der Waals surface area contributed by atoms with Crippen molar-refractivity contribution in [3.63, 3.8) is 0 Å². The van der Waals surface area contributed by atoms with E-state index in [1.165, 1.54) is 30.7 Å². The summed E-state index contributed by atoms with van der Waals surface area (Å²) in [5.41, 5.74) is 13.1. The van der Waals surface area contributed by atoms with Gasteiger partial charge in [0.1, 0.15) is 17.3 Å². The van der Waals surface area contributed by atoms with Crippen LogP contribution in [0.2, 0.25) is 0 Å². The molecule has 13 heteroatoms. The molecule has 0 bridgehead atoms. The van der Waals surface area contributed by atoms with Crippen molar-refractivity contribution in [2.45, 2.75) is 44.4 Å². The number of alkyl halides is 3. The highest BCUT2D eigenvalue weighted by molar-refractivity contribution is 5.99. The Hall–Kier alpha value is -4.41. The van der Waals surface area contributed by atoms with E-state index >= 15 is 0 Å². The van der Waals surface area contributed by atoms with Crippen LogP contribution in [0.5, 0.6) is 0 Å². The lowest BCUT2D eigenvalue weighted by Gasteiger charge is -2.36. The van der Waals surface area contributed by atoms with Gasteiger partial charge in [0.05, 0.1) is 30.0 Å². The zero-order valence-electron chi connectivity index (χ0n) is 25.2. The number of ether oxygens (including phenoxy) is 1. The zero-order chi connectivity index (χ0) is 32.3. The summed E-state index contributed by atoms with van der Waals surface area (Å²) < 4.78 is 47.1. The van der Waals surface area contributed by atoms with Gasteiger partial charge in [0.15, 0.2) is 0 Å². The molecule has 4 rings (SSSR count). The van der Waals surface area contributed by atoms with Gasteiger partial charge in [-0.05, 0) is 94.8 Å². The average molecular weight is 613 g/mol. The molecular weight excluding hydrogens is 575 g/mol. The average Bonchev–Trinajstić information content (AvgIpc) is 2.99. The van der Waals surface area contributed by atoms with E-state index in [0.29, 0.717) is 35.7 Å². The van der Waals surface area contributed by atoms with Crippen molar-refractivity contribution in [3.05, 3.63) is 76.0 Å². The second kappa shape index (κ2) is 13.1. The van der Waals surface area contributed by atoms with E-state index in [-0.39, 0.29) is 22.9 Å². The molecule has 0 radical (unpaired) electrons. The van der Waals surface area contributed by atoms with E-state index in [1.807, 2.05) is 0 Å². The molecular formula is C31H37F3N7O3+. The molecule has 0 aromatic heterocycles. The minimum atomic E-state index is -4.64. The van der Waals surface area contributed by atoms with Gasteiger partial charge in [0.25, 0.3) is 0 Å². The number of hydrogen-bond acceptors (Lipinski definition) is 7. The molecule has 2 aliphatic rings. The number of methoxy groups -OCH3 is 1. The molecule has 234 valence electrons. The van der Waals surface area contributed by atoms with Crippen molar-refractivity contribution in [2.24, 2.45) is 11.5 Å². The molecule has 0 saturated carbocycles. The molecule has 2 aromatic carbocycles. The lowest BCUT2D eigenvalue weighted by Crippen LogP contribution is -2.54. The van der Waals surface area contributed by atoms with E-state index in [4.69, 9.17) is 16.2 Å². The fourth-order valence-electron chi connectivity index (χ4n) is 6.01. The molecule has 1 saturated heterocycles. The molecule has 2 aliphatic heterocycles. The predicted octanol–water partition coefficient (Wildman–Crippen LogP) is 3.69. The third-order valence-electron chi connectivity index (χ3n) is 8.36. The first-order chi connectivity index (χ1) is 20.8. The Morgan fingerprint density at radius 3 is 2.41 bits per heavy atom. The van der Waals surface area contributed by atoms with Crippen LogP contribution in [-0.2, 0) is 22.1 Å². The molecule has 1 atom stereocenters. The number of esters is 1. The molecule has 0 spiro atoms. The highest BCUT2D eigenvalue weighted by atomic mass is 19.4. The number of carbonyl (C=O) groups is 2. The maximum Gasteiger partial charge on any atom is 0.416 e. The summed E-state index contributed by atoms with van der Waals surface area (Å²) in [7, 11) is 5.31. The van der Waals surface area contributed by atoms with Crippen molar-refractivity contribution < 1.29 is 32.1 Å². The number of likely N-dealkylation sites (tertiary alicyclic amines) is 1. The van der Waals surface area contributed by atoms with E-state index in [2.05, 4.69) is 30.0 Å². The van der Waals surface area contributed by atoms with Crippen LogP contribution >= 0.6 is 0 Å². The molecule has 1 fully saturated rings. The zero-order valence-corrected chi connectivity index (χ0v) is 25.2. The second-order valence-corrected chi connectivity index (χ2v) is 11.2. The van der Waals surface area contributed by atoms with Gasteiger partial charge in [0, 0.05) is 12.6 Å². The highest BCUT2D eigenvalue weighted by Gasteiger charge is 2.47. The van der Waals surface area contributed by atoms with Gasteiger partial charge in [-0.3, -0.25) is 5.73 Å². The fraction of sp³-hybridized carbons (Fsp3) is 0.419. The topological polar surface area (TPSA) is 132 Å². The maximum absolute atomic E-state index is 13.6. The number of nitriles is 1. The van der Waals surface area contributed by atoms with Gasteiger partial charge >= 0.3 is 24.1 Å². The van der Waals surface area contributed by atoms with Crippen LogP contribution in [0, 0.1) is 11.3 Å². The molecule has 2 amide bonds. The quantitative estimate of drug-likeness (QED) is 0.360. The number of carbonyl (C=O) groups excluding carboxylic acids is 2.